The normalized spacial score (nSPS) is 12.6. The number of Topliss-reactive ketones (excluding diaryl/α,β-unsaturated/α-hetero) is 1. The van der Waals surface area contributed by atoms with Crippen molar-refractivity contribution in [1.29, 1.82) is 5.26 Å². The molecule has 0 heterocycles. The summed E-state index contributed by atoms with van der Waals surface area (Å²) < 4.78 is 0. The highest BCUT2D eigenvalue weighted by molar-refractivity contribution is 8.02. The van der Waals surface area contributed by atoms with Crippen LogP contribution >= 0.6 is 11.8 Å². The molecule has 0 amide bonds. The number of ketones is 1. The Bertz CT molecular complexity index is 542. The molecule has 0 atom stereocenters. The van der Waals surface area contributed by atoms with Gasteiger partial charge in [0.25, 0.3) is 0 Å². The Kier molecular flexibility index (Phi) is 4.97. The fourth-order valence-electron chi connectivity index (χ4n) is 1.66. The molecule has 0 bridgehead atoms. The van der Waals surface area contributed by atoms with Gasteiger partial charge in [0.2, 0.25) is 5.78 Å². The molecule has 19 heavy (non-hydrogen) atoms. The van der Waals surface area contributed by atoms with Gasteiger partial charge in [-0.15, -0.1) is 11.8 Å². The van der Waals surface area contributed by atoms with Crippen LogP contribution in [0.25, 0.3) is 0 Å². The number of carbonyl (C=O) groups is 1. The molecule has 100 valence electrons. The lowest BCUT2D eigenvalue weighted by Crippen LogP contribution is -2.11. The fourth-order valence-corrected chi connectivity index (χ4v) is 2.00. The average Bonchev–Trinajstić information content (AvgIpc) is 2.38. The zero-order valence-corrected chi connectivity index (χ0v) is 12.9. The first-order valence-corrected chi connectivity index (χ1v) is 7.34. The second-order valence-corrected chi connectivity index (χ2v) is 6.42. The van der Waals surface area contributed by atoms with E-state index in [0.717, 1.165) is 4.91 Å². The zero-order chi connectivity index (χ0) is 14.6. The molecule has 1 aromatic rings. The Morgan fingerprint density at radius 2 is 1.74 bits per heavy atom. The van der Waals surface area contributed by atoms with Gasteiger partial charge >= 0.3 is 0 Å². The van der Waals surface area contributed by atoms with Gasteiger partial charge < -0.3 is 0 Å². The van der Waals surface area contributed by atoms with Crippen molar-refractivity contribution in [3.63, 3.8) is 0 Å². The van der Waals surface area contributed by atoms with Gasteiger partial charge in [-0.3, -0.25) is 4.79 Å². The smallest absolute Gasteiger partial charge is 0.204 e. The molecule has 2 nitrogen and oxygen atoms in total. The zero-order valence-electron chi connectivity index (χ0n) is 12.1. The van der Waals surface area contributed by atoms with Gasteiger partial charge in [0, 0.05) is 10.5 Å². The third-order valence-electron chi connectivity index (χ3n) is 3.01. The number of nitrogens with zero attached hydrogens (tertiary/aromatic N) is 1. The molecular formula is C16H19NOS. The van der Waals surface area contributed by atoms with E-state index in [1.165, 1.54) is 17.3 Å². The highest BCUT2D eigenvalue weighted by Gasteiger charge is 2.17. The Labute approximate surface area is 119 Å². The van der Waals surface area contributed by atoms with E-state index in [-0.39, 0.29) is 16.8 Å². The minimum Gasteiger partial charge on any atom is -0.288 e. The first-order chi connectivity index (χ1) is 8.81. The number of thioether (sulfide) groups is 1. The molecule has 0 saturated carbocycles. The van der Waals surface area contributed by atoms with E-state index in [1.54, 1.807) is 19.1 Å². The van der Waals surface area contributed by atoms with Gasteiger partial charge in [-0.05, 0) is 24.2 Å². The average molecular weight is 273 g/mol. The number of hydrogen-bond donors (Lipinski definition) is 0. The van der Waals surface area contributed by atoms with Gasteiger partial charge in [-0.1, -0.05) is 45.0 Å². The number of hydrogen-bond acceptors (Lipinski definition) is 3. The number of rotatable bonds is 3. The summed E-state index contributed by atoms with van der Waals surface area (Å²) in [4.78, 5) is 13.0. The van der Waals surface area contributed by atoms with E-state index in [1.807, 2.05) is 24.5 Å². The van der Waals surface area contributed by atoms with E-state index in [0.29, 0.717) is 5.56 Å². The molecule has 1 rings (SSSR count). The minimum atomic E-state index is -0.199. The van der Waals surface area contributed by atoms with Crippen LogP contribution in [0.1, 0.15) is 43.6 Å². The monoisotopic (exact) mass is 273 g/mol. The van der Waals surface area contributed by atoms with Crippen molar-refractivity contribution in [3.8, 4) is 6.07 Å². The molecule has 0 saturated heterocycles. The summed E-state index contributed by atoms with van der Waals surface area (Å²) in [6.07, 6.45) is 1.86. The van der Waals surface area contributed by atoms with E-state index < -0.39 is 0 Å². The summed E-state index contributed by atoms with van der Waals surface area (Å²) >= 11 is 1.42. The van der Waals surface area contributed by atoms with E-state index in [4.69, 9.17) is 5.26 Å². The van der Waals surface area contributed by atoms with E-state index in [2.05, 4.69) is 20.8 Å². The molecule has 1 aromatic carbocycles. The van der Waals surface area contributed by atoms with Crippen molar-refractivity contribution in [2.24, 2.45) is 0 Å². The van der Waals surface area contributed by atoms with Crippen LogP contribution in [0.3, 0.4) is 0 Å². The molecule has 0 spiro atoms. The standard InChI is InChI=1S/C16H19NOS/c1-11(19-5)14(10-17)15(18)12-6-8-13(9-7-12)16(2,3)4/h6-9H,1-5H3/b14-11+. The third kappa shape index (κ3) is 3.71. The number of carbonyl (C=O) groups excluding carboxylic acids is 1. The summed E-state index contributed by atoms with van der Waals surface area (Å²) in [6, 6.07) is 9.51. The van der Waals surface area contributed by atoms with Crippen LogP contribution in [0.5, 0.6) is 0 Å². The molecule has 0 aliphatic carbocycles. The Hall–Kier alpha value is -1.53. The number of benzene rings is 1. The van der Waals surface area contributed by atoms with Crippen LogP contribution in [-0.4, -0.2) is 12.0 Å². The van der Waals surface area contributed by atoms with Crippen molar-refractivity contribution in [2.45, 2.75) is 33.1 Å². The van der Waals surface area contributed by atoms with Gasteiger partial charge in [-0.25, -0.2) is 0 Å². The molecular weight excluding hydrogens is 254 g/mol. The maximum absolute atomic E-state index is 12.2. The summed E-state index contributed by atoms with van der Waals surface area (Å²) in [5.41, 5.74) is 2.03. The third-order valence-corrected chi connectivity index (χ3v) is 3.83. The van der Waals surface area contributed by atoms with Crippen LogP contribution in [0.15, 0.2) is 34.7 Å². The van der Waals surface area contributed by atoms with Crippen LogP contribution in [0.4, 0.5) is 0 Å². The second-order valence-electron chi connectivity index (χ2n) is 5.40. The Morgan fingerprint density at radius 1 is 1.21 bits per heavy atom. The van der Waals surface area contributed by atoms with Crippen LogP contribution in [0.2, 0.25) is 0 Å². The van der Waals surface area contributed by atoms with Gasteiger partial charge in [0.05, 0.1) is 0 Å². The van der Waals surface area contributed by atoms with Crippen molar-refractivity contribution in [1.82, 2.24) is 0 Å². The van der Waals surface area contributed by atoms with Crippen LogP contribution in [-0.2, 0) is 5.41 Å². The lowest BCUT2D eigenvalue weighted by Gasteiger charge is -2.19. The molecule has 0 aromatic heterocycles. The molecule has 0 aliphatic rings. The maximum Gasteiger partial charge on any atom is 0.204 e. The van der Waals surface area contributed by atoms with Gasteiger partial charge in [0.15, 0.2) is 0 Å². The largest absolute Gasteiger partial charge is 0.288 e. The van der Waals surface area contributed by atoms with E-state index in [9.17, 15) is 4.79 Å². The topological polar surface area (TPSA) is 40.9 Å². The van der Waals surface area contributed by atoms with Gasteiger partial charge in [0.1, 0.15) is 11.6 Å². The van der Waals surface area contributed by atoms with Crippen molar-refractivity contribution < 1.29 is 4.79 Å². The number of allylic oxidation sites excluding steroid dienone is 2. The lowest BCUT2D eigenvalue weighted by molar-refractivity contribution is 0.103. The van der Waals surface area contributed by atoms with Gasteiger partial charge in [-0.2, -0.15) is 5.26 Å². The summed E-state index contributed by atoms with van der Waals surface area (Å²) in [5.74, 6) is -0.199. The maximum atomic E-state index is 12.2. The highest BCUT2D eigenvalue weighted by atomic mass is 32.2. The Morgan fingerprint density at radius 3 is 2.11 bits per heavy atom. The Balaban J connectivity index is 3.13. The predicted octanol–water partition coefficient (Wildman–Crippen LogP) is 4.33. The lowest BCUT2D eigenvalue weighted by atomic mass is 9.86. The molecule has 0 N–H and O–H groups in total. The second kappa shape index (κ2) is 6.08. The predicted molar refractivity (Wildman–Crippen MR) is 81.3 cm³/mol. The molecule has 3 heteroatoms. The summed E-state index contributed by atoms with van der Waals surface area (Å²) in [5, 5.41) is 9.10. The van der Waals surface area contributed by atoms with Crippen LogP contribution < -0.4 is 0 Å². The molecule has 0 radical (unpaired) electrons. The molecule has 0 aliphatic heterocycles. The van der Waals surface area contributed by atoms with E-state index >= 15 is 0 Å². The summed E-state index contributed by atoms with van der Waals surface area (Å²) in [7, 11) is 0. The van der Waals surface area contributed by atoms with Crippen molar-refractivity contribution >= 4 is 17.5 Å². The highest BCUT2D eigenvalue weighted by Crippen LogP contribution is 2.24. The molecule has 0 unspecified atom stereocenters. The molecule has 0 fully saturated rings. The fraction of sp³-hybridized carbons (Fsp3) is 0.375. The van der Waals surface area contributed by atoms with Crippen LogP contribution in [0, 0.1) is 11.3 Å². The SMILES string of the molecule is CS/C(C)=C(\C#N)C(=O)c1ccc(C(C)(C)C)cc1. The summed E-state index contributed by atoms with van der Waals surface area (Å²) in [6.45, 7) is 8.18. The number of nitriles is 1. The van der Waals surface area contributed by atoms with Crippen molar-refractivity contribution in [2.75, 3.05) is 6.26 Å². The first kappa shape index (κ1) is 15.5. The quantitative estimate of drug-likeness (QED) is 0.467. The minimum absolute atomic E-state index is 0.0602. The first-order valence-electron chi connectivity index (χ1n) is 6.11. The van der Waals surface area contributed by atoms with Crippen molar-refractivity contribution in [3.05, 3.63) is 45.9 Å².